The first-order valence-corrected chi connectivity index (χ1v) is 7.23. The molecule has 0 aliphatic heterocycles. The fraction of sp³-hybridized carbons (Fsp3) is 0.278. The number of aliphatic carboxylic acids is 1. The molecule has 0 aromatic heterocycles. The van der Waals surface area contributed by atoms with Crippen LogP contribution in [-0.2, 0) is 4.79 Å². The van der Waals surface area contributed by atoms with E-state index in [-0.39, 0.29) is 12.3 Å². The second-order valence-corrected chi connectivity index (χ2v) is 5.07. The Morgan fingerprint density at radius 1 is 1.05 bits per heavy atom. The average Bonchev–Trinajstić information content (AvgIpc) is 2.48. The lowest BCUT2D eigenvalue weighted by Gasteiger charge is -2.15. The summed E-state index contributed by atoms with van der Waals surface area (Å²) in [6, 6.07) is 17.3. The van der Waals surface area contributed by atoms with Crippen LogP contribution in [0.5, 0.6) is 11.5 Å². The maximum Gasteiger partial charge on any atom is 0.303 e. The Bertz CT molecular complexity index is 561. The molecule has 0 aliphatic carbocycles. The minimum Gasteiger partial charge on any atom is -0.481 e. The van der Waals surface area contributed by atoms with Gasteiger partial charge in [0.1, 0.15) is 11.5 Å². The predicted octanol–water partition coefficient (Wildman–Crippen LogP) is 4.84. The number of ether oxygens (including phenoxy) is 1. The molecule has 0 spiro atoms. The Morgan fingerprint density at radius 2 is 1.67 bits per heavy atom. The van der Waals surface area contributed by atoms with Gasteiger partial charge < -0.3 is 9.84 Å². The van der Waals surface area contributed by atoms with E-state index >= 15 is 0 Å². The van der Waals surface area contributed by atoms with Gasteiger partial charge in [-0.25, -0.2) is 0 Å². The number of hydrogen-bond acceptors (Lipinski definition) is 2. The zero-order valence-electron chi connectivity index (χ0n) is 12.2. The Kier molecular flexibility index (Phi) is 5.38. The van der Waals surface area contributed by atoms with E-state index in [1.165, 1.54) is 0 Å². The first-order chi connectivity index (χ1) is 10.2. The maximum atomic E-state index is 10.9. The van der Waals surface area contributed by atoms with E-state index < -0.39 is 5.97 Å². The summed E-state index contributed by atoms with van der Waals surface area (Å²) in [5, 5.41) is 9.00. The van der Waals surface area contributed by atoms with E-state index in [0.29, 0.717) is 0 Å². The fourth-order valence-corrected chi connectivity index (χ4v) is 2.38. The highest BCUT2D eigenvalue weighted by molar-refractivity contribution is 5.68. The van der Waals surface area contributed by atoms with Crippen molar-refractivity contribution in [3.63, 3.8) is 0 Å². The van der Waals surface area contributed by atoms with Crippen molar-refractivity contribution in [2.45, 2.75) is 32.1 Å². The largest absolute Gasteiger partial charge is 0.481 e. The van der Waals surface area contributed by atoms with Crippen LogP contribution in [0.4, 0.5) is 0 Å². The van der Waals surface area contributed by atoms with E-state index in [1.54, 1.807) is 0 Å². The van der Waals surface area contributed by atoms with Gasteiger partial charge in [0.2, 0.25) is 0 Å². The number of rotatable bonds is 7. The van der Waals surface area contributed by atoms with Crippen LogP contribution in [0.25, 0.3) is 0 Å². The van der Waals surface area contributed by atoms with E-state index in [9.17, 15) is 4.79 Å². The summed E-state index contributed by atoms with van der Waals surface area (Å²) < 4.78 is 5.74. The van der Waals surface area contributed by atoms with Crippen LogP contribution >= 0.6 is 0 Å². The third kappa shape index (κ3) is 4.63. The third-order valence-corrected chi connectivity index (χ3v) is 3.39. The van der Waals surface area contributed by atoms with Crippen LogP contribution in [-0.4, -0.2) is 11.1 Å². The monoisotopic (exact) mass is 284 g/mol. The average molecular weight is 284 g/mol. The lowest BCUT2D eigenvalue weighted by Crippen LogP contribution is -2.06. The number of benzene rings is 2. The molecule has 1 unspecified atom stereocenters. The molecule has 2 aromatic rings. The van der Waals surface area contributed by atoms with Crippen molar-refractivity contribution in [3.05, 3.63) is 60.2 Å². The van der Waals surface area contributed by atoms with Gasteiger partial charge in [-0.3, -0.25) is 4.79 Å². The zero-order chi connectivity index (χ0) is 15.1. The van der Waals surface area contributed by atoms with E-state index in [2.05, 4.69) is 6.92 Å². The lowest BCUT2D eigenvalue weighted by atomic mass is 9.91. The number of hydrogen-bond donors (Lipinski definition) is 1. The van der Waals surface area contributed by atoms with Gasteiger partial charge in [-0.2, -0.15) is 0 Å². The molecule has 0 saturated heterocycles. The molecule has 21 heavy (non-hydrogen) atoms. The van der Waals surface area contributed by atoms with Crippen LogP contribution < -0.4 is 4.74 Å². The van der Waals surface area contributed by atoms with Gasteiger partial charge in [-0.1, -0.05) is 43.7 Å². The first-order valence-electron chi connectivity index (χ1n) is 7.23. The highest BCUT2D eigenvalue weighted by Crippen LogP contribution is 2.28. The molecule has 0 saturated carbocycles. The minimum absolute atomic E-state index is 0.0678. The van der Waals surface area contributed by atoms with Gasteiger partial charge in [0.05, 0.1) is 6.42 Å². The van der Waals surface area contributed by atoms with Crippen molar-refractivity contribution < 1.29 is 14.6 Å². The van der Waals surface area contributed by atoms with Gasteiger partial charge in [0, 0.05) is 0 Å². The van der Waals surface area contributed by atoms with Crippen molar-refractivity contribution >= 4 is 5.97 Å². The second-order valence-electron chi connectivity index (χ2n) is 5.07. The molecule has 110 valence electrons. The summed E-state index contributed by atoms with van der Waals surface area (Å²) in [6.07, 6.45) is 2.03. The van der Waals surface area contributed by atoms with Gasteiger partial charge in [-0.15, -0.1) is 0 Å². The Balaban J connectivity index is 2.08. The minimum atomic E-state index is -0.752. The van der Waals surface area contributed by atoms with E-state index in [0.717, 1.165) is 29.9 Å². The summed E-state index contributed by atoms with van der Waals surface area (Å²) in [5.41, 5.74) is 1.06. The molecular weight excluding hydrogens is 264 g/mol. The quantitative estimate of drug-likeness (QED) is 0.791. The smallest absolute Gasteiger partial charge is 0.303 e. The number of carbonyl (C=O) groups is 1. The molecule has 3 heteroatoms. The number of para-hydroxylation sites is 1. The van der Waals surface area contributed by atoms with Gasteiger partial charge in [0.25, 0.3) is 0 Å². The lowest BCUT2D eigenvalue weighted by molar-refractivity contribution is -0.137. The van der Waals surface area contributed by atoms with Crippen molar-refractivity contribution in [2.75, 3.05) is 0 Å². The standard InChI is InChI=1S/C18H20O3/c1-2-6-15(13-18(19)20)14-9-11-17(12-10-14)21-16-7-4-3-5-8-16/h3-5,7-12,15H,2,6,13H2,1H3,(H,19,20). The summed E-state index contributed by atoms with van der Waals surface area (Å²) in [6.45, 7) is 2.07. The highest BCUT2D eigenvalue weighted by atomic mass is 16.5. The molecule has 0 fully saturated rings. The van der Waals surface area contributed by atoms with Gasteiger partial charge >= 0.3 is 5.97 Å². The van der Waals surface area contributed by atoms with Crippen molar-refractivity contribution in [3.8, 4) is 11.5 Å². The Hall–Kier alpha value is -2.29. The third-order valence-electron chi connectivity index (χ3n) is 3.39. The van der Waals surface area contributed by atoms with Crippen LogP contribution in [0.1, 0.15) is 37.7 Å². The molecule has 0 heterocycles. The molecule has 1 atom stereocenters. The number of carboxylic acids is 1. The van der Waals surface area contributed by atoms with Crippen LogP contribution in [0.2, 0.25) is 0 Å². The summed E-state index contributed by atoms with van der Waals surface area (Å²) in [4.78, 5) is 10.9. The fourth-order valence-electron chi connectivity index (χ4n) is 2.38. The molecule has 0 aliphatic rings. The molecule has 0 amide bonds. The second kappa shape index (κ2) is 7.48. The van der Waals surface area contributed by atoms with Crippen LogP contribution in [0, 0.1) is 0 Å². The molecule has 0 radical (unpaired) electrons. The summed E-state index contributed by atoms with van der Waals surface area (Å²) >= 11 is 0. The Labute approximate surface area is 125 Å². The molecule has 1 N–H and O–H groups in total. The predicted molar refractivity (Wildman–Crippen MR) is 82.9 cm³/mol. The topological polar surface area (TPSA) is 46.5 Å². The molecule has 3 nitrogen and oxygen atoms in total. The van der Waals surface area contributed by atoms with Gasteiger partial charge in [0.15, 0.2) is 0 Å². The zero-order valence-corrected chi connectivity index (χ0v) is 12.2. The van der Waals surface area contributed by atoms with E-state index in [1.807, 2.05) is 54.6 Å². The van der Waals surface area contributed by atoms with Crippen molar-refractivity contribution in [2.24, 2.45) is 0 Å². The summed E-state index contributed by atoms with van der Waals surface area (Å²) in [7, 11) is 0. The molecule has 2 aromatic carbocycles. The van der Waals surface area contributed by atoms with Crippen molar-refractivity contribution in [1.29, 1.82) is 0 Å². The van der Waals surface area contributed by atoms with Crippen LogP contribution in [0.3, 0.4) is 0 Å². The van der Waals surface area contributed by atoms with E-state index in [4.69, 9.17) is 9.84 Å². The normalized spacial score (nSPS) is 11.9. The SMILES string of the molecule is CCCC(CC(=O)O)c1ccc(Oc2ccccc2)cc1. The molecular formula is C18H20O3. The summed E-state index contributed by atoms with van der Waals surface area (Å²) in [5.74, 6) is 0.868. The Morgan fingerprint density at radius 3 is 2.24 bits per heavy atom. The molecule has 2 rings (SSSR count). The highest BCUT2D eigenvalue weighted by Gasteiger charge is 2.14. The first kappa shape index (κ1) is 15.1. The number of carboxylic acid groups (broad SMARTS) is 1. The maximum absolute atomic E-state index is 10.9. The van der Waals surface area contributed by atoms with Crippen molar-refractivity contribution in [1.82, 2.24) is 0 Å². The van der Waals surface area contributed by atoms with Crippen LogP contribution in [0.15, 0.2) is 54.6 Å². The van der Waals surface area contributed by atoms with Gasteiger partial charge in [-0.05, 0) is 42.2 Å². The molecule has 0 bridgehead atoms.